The van der Waals surface area contributed by atoms with Crippen LogP contribution in [-0.4, -0.2) is 44.0 Å². The Bertz CT molecular complexity index is 487. The number of epoxide rings is 1. The second-order valence-electron chi connectivity index (χ2n) is 3.58. The van der Waals surface area contributed by atoms with Gasteiger partial charge in [0.25, 0.3) is 0 Å². The molecule has 1 saturated heterocycles. The number of hydrogen-bond acceptors (Lipinski definition) is 4. The van der Waals surface area contributed by atoms with Crippen molar-refractivity contribution in [3.63, 3.8) is 0 Å². The summed E-state index contributed by atoms with van der Waals surface area (Å²) in [6.45, 7) is 1.02. The van der Waals surface area contributed by atoms with E-state index in [0.29, 0.717) is 17.6 Å². The summed E-state index contributed by atoms with van der Waals surface area (Å²) in [6, 6.07) is 1.53. The van der Waals surface area contributed by atoms with E-state index in [9.17, 15) is 8.42 Å². The fraction of sp³-hybridized carbons (Fsp3) is 0.444. The molecular formula is C9H11BrN2O3S. The van der Waals surface area contributed by atoms with E-state index < -0.39 is 10.0 Å². The van der Waals surface area contributed by atoms with Crippen LogP contribution in [0.15, 0.2) is 27.8 Å². The van der Waals surface area contributed by atoms with Crippen molar-refractivity contribution in [1.82, 2.24) is 9.29 Å². The van der Waals surface area contributed by atoms with Gasteiger partial charge in [0.1, 0.15) is 4.90 Å². The van der Waals surface area contributed by atoms with Crippen LogP contribution in [0.2, 0.25) is 0 Å². The number of likely N-dealkylation sites (N-methyl/N-ethyl adjacent to an activating group) is 1. The maximum atomic E-state index is 12.1. The minimum atomic E-state index is -3.46. The molecule has 0 unspecified atom stereocenters. The third-order valence-electron chi connectivity index (χ3n) is 2.25. The van der Waals surface area contributed by atoms with Crippen LogP contribution in [0, 0.1) is 0 Å². The molecule has 88 valence electrons. The van der Waals surface area contributed by atoms with Gasteiger partial charge in [0.2, 0.25) is 10.0 Å². The van der Waals surface area contributed by atoms with Gasteiger partial charge in [0.15, 0.2) is 0 Å². The molecule has 0 bridgehead atoms. The lowest BCUT2D eigenvalue weighted by Crippen LogP contribution is -2.30. The zero-order valence-electron chi connectivity index (χ0n) is 8.63. The van der Waals surface area contributed by atoms with Gasteiger partial charge in [-0.2, -0.15) is 4.31 Å². The summed E-state index contributed by atoms with van der Waals surface area (Å²) in [5, 5.41) is 0. The number of halogens is 1. The molecule has 1 aromatic rings. The Morgan fingerprint density at radius 2 is 2.31 bits per heavy atom. The van der Waals surface area contributed by atoms with Crippen LogP contribution in [0.1, 0.15) is 0 Å². The third kappa shape index (κ3) is 2.60. The Kier molecular flexibility index (Phi) is 3.29. The molecular weight excluding hydrogens is 296 g/mol. The summed E-state index contributed by atoms with van der Waals surface area (Å²) in [5.41, 5.74) is 0. The lowest BCUT2D eigenvalue weighted by molar-refractivity contribution is 0.359. The number of rotatable bonds is 4. The van der Waals surface area contributed by atoms with E-state index in [1.165, 1.54) is 23.6 Å². The number of nitrogens with zero attached hydrogens (tertiary/aromatic N) is 2. The van der Waals surface area contributed by atoms with Crippen molar-refractivity contribution >= 4 is 26.0 Å². The molecule has 1 atom stereocenters. The van der Waals surface area contributed by atoms with E-state index in [0.717, 1.165) is 0 Å². The highest BCUT2D eigenvalue weighted by molar-refractivity contribution is 9.10. The van der Waals surface area contributed by atoms with Crippen LogP contribution in [0.5, 0.6) is 0 Å². The Morgan fingerprint density at radius 3 is 2.88 bits per heavy atom. The molecule has 5 nitrogen and oxygen atoms in total. The summed E-state index contributed by atoms with van der Waals surface area (Å²) in [4.78, 5) is 4.03. The van der Waals surface area contributed by atoms with Gasteiger partial charge < -0.3 is 4.74 Å². The Balaban J connectivity index is 2.23. The lowest BCUT2D eigenvalue weighted by atomic mass is 10.5. The van der Waals surface area contributed by atoms with Crippen molar-refractivity contribution in [2.75, 3.05) is 20.2 Å². The van der Waals surface area contributed by atoms with E-state index >= 15 is 0 Å². The molecule has 1 aromatic heterocycles. The van der Waals surface area contributed by atoms with Crippen molar-refractivity contribution in [2.45, 2.75) is 11.0 Å². The van der Waals surface area contributed by atoms with Crippen LogP contribution in [0.4, 0.5) is 0 Å². The van der Waals surface area contributed by atoms with Crippen LogP contribution in [0.3, 0.4) is 0 Å². The SMILES string of the molecule is CN(C[C@H]1CO1)S(=O)(=O)c1cncc(Br)c1. The zero-order valence-corrected chi connectivity index (χ0v) is 11.0. The second kappa shape index (κ2) is 4.40. The molecule has 0 aromatic carbocycles. The number of hydrogen-bond donors (Lipinski definition) is 0. The van der Waals surface area contributed by atoms with Crippen molar-refractivity contribution in [2.24, 2.45) is 0 Å². The molecule has 0 N–H and O–H groups in total. The molecule has 0 spiro atoms. The Hall–Kier alpha value is -0.500. The van der Waals surface area contributed by atoms with Crippen molar-refractivity contribution in [3.05, 3.63) is 22.9 Å². The third-order valence-corrected chi connectivity index (χ3v) is 4.47. The average Bonchev–Trinajstić information content (AvgIpc) is 3.01. The Labute approximate surface area is 103 Å². The predicted molar refractivity (Wildman–Crippen MR) is 61.5 cm³/mol. The average molecular weight is 307 g/mol. The van der Waals surface area contributed by atoms with E-state index in [1.807, 2.05) is 0 Å². The van der Waals surface area contributed by atoms with E-state index in [2.05, 4.69) is 20.9 Å². The van der Waals surface area contributed by atoms with E-state index in [4.69, 9.17) is 4.74 Å². The van der Waals surface area contributed by atoms with Gasteiger partial charge in [-0.3, -0.25) is 4.98 Å². The number of sulfonamides is 1. The maximum absolute atomic E-state index is 12.1. The van der Waals surface area contributed by atoms with Gasteiger partial charge in [-0.05, 0) is 22.0 Å². The molecule has 0 radical (unpaired) electrons. The largest absolute Gasteiger partial charge is 0.372 e. The fourth-order valence-electron chi connectivity index (χ4n) is 1.27. The van der Waals surface area contributed by atoms with E-state index in [-0.39, 0.29) is 11.0 Å². The lowest BCUT2D eigenvalue weighted by Gasteiger charge is -2.15. The monoisotopic (exact) mass is 306 g/mol. The highest BCUT2D eigenvalue weighted by Crippen LogP contribution is 2.20. The number of aromatic nitrogens is 1. The van der Waals surface area contributed by atoms with Crippen molar-refractivity contribution in [3.8, 4) is 0 Å². The first kappa shape index (κ1) is 12.0. The second-order valence-corrected chi connectivity index (χ2v) is 6.54. The number of ether oxygens (including phenoxy) is 1. The normalized spacial score (nSPS) is 20.1. The van der Waals surface area contributed by atoms with Crippen molar-refractivity contribution < 1.29 is 13.2 Å². The fourth-order valence-corrected chi connectivity index (χ4v) is 2.98. The van der Waals surface area contributed by atoms with Crippen LogP contribution in [-0.2, 0) is 14.8 Å². The first-order valence-electron chi connectivity index (χ1n) is 4.68. The summed E-state index contributed by atoms with van der Waals surface area (Å²) < 4.78 is 31.0. The van der Waals surface area contributed by atoms with Gasteiger partial charge in [-0.1, -0.05) is 0 Å². The minimum Gasteiger partial charge on any atom is -0.372 e. The topological polar surface area (TPSA) is 62.8 Å². The highest BCUT2D eigenvalue weighted by atomic mass is 79.9. The zero-order chi connectivity index (χ0) is 11.8. The molecule has 1 fully saturated rings. The summed E-state index contributed by atoms with van der Waals surface area (Å²) >= 11 is 3.20. The number of pyridine rings is 1. The molecule has 1 aliphatic rings. The molecule has 2 heterocycles. The Morgan fingerprint density at radius 1 is 1.62 bits per heavy atom. The first-order valence-corrected chi connectivity index (χ1v) is 6.92. The van der Waals surface area contributed by atoms with Gasteiger partial charge in [0.05, 0.1) is 12.7 Å². The standard InChI is InChI=1S/C9H11BrN2O3S/c1-12(5-8-6-15-8)16(13,14)9-2-7(10)3-11-4-9/h2-4,8H,5-6H2,1H3/t8-/m0/s1. The maximum Gasteiger partial charge on any atom is 0.244 e. The first-order chi connectivity index (χ1) is 7.50. The molecule has 1 aliphatic heterocycles. The van der Waals surface area contributed by atoms with Gasteiger partial charge in [-0.15, -0.1) is 0 Å². The molecule has 0 aliphatic carbocycles. The molecule has 0 saturated carbocycles. The molecule has 0 amide bonds. The summed E-state index contributed by atoms with van der Waals surface area (Å²) in [7, 11) is -1.92. The van der Waals surface area contributed by atoms with E-state index in [1.54, 1.807) is 6.20 Å². The predicted octanol–water partition coefficient (Wildman–Crippen LogP) is 0.863. The summed E-state index contributed by atoms with van der Waals surface area (Å²) in [6.07, 6.45) is 2.92. The van der Waals surface area contributed by atoms with Gasteiger partial charge in [0, 0.05) is 30.5 Å². The van der Waals surface area contributed by atoms with Crippen LogP contribution in [0.25, 0.3) is 0 Å². The minimum absolute atomic E-state index is 0.0416. The smallest absolute Gasteiger partial charge is 0.244 e. The molecule has 2 rings (SSSR count). The summed E-state index contributed by atoms with van der Waals surface area (Å²) in [5.74, 6) is 0. The van der Waals surface area contributed by atoms with Gasteiger partial charge >= 0.3 is 0 Å². The molecule has 16 heavy (non-hydrogen) atoms. The quantitative estimate of drug-likeness (QED) is 0.774. The van der Waals surface area contributed by atoms with Crippen LogP contribution >= 0.6 is 15.9 Å². The van der Waals surface area contributed by atoms with Gasteiger partial charge in [-0.25, -0.2) is 8.42 Å². The van der Waals surface area contributed by atoms with Crippen molar-refractivity contribution in [1.29, 1.82) is 0 Å². The van der Waals surface area contributed by atoms with Crippen LogP contribution < -0.4 is 0 Å². The molecule has 7 heteroatoms. The highest BCUT2D eigenvalue weighted by Gasteiger charge is 2.30.